The molecule has 6 nitrogen and oxygen atoms in total. The van der Waals surface area contributed by atoms with Crippen molar-refractivity contribution in [1.82, 2.24) is 25.5 Å². The van der Waals surface area contributed by atoms with Gasteiger partial charge in [-0.2, -0.15) is 0 Å². The molecule has 3 rings (SSSR count). The molecule has 1 aromatic heterocycles. The number of hydrogen-bond acceptors (Lipinski definition) is 5. The summed E-state index contributed by atoms with van der Waals surface area (Å²) < 4.78 is 1.65. The Hall–Kier alpha value is -1.95. The lowest BCUT2D eigenvalue weighted by Gasteiger charge is -2.24. The van der Waals surface area contributed by atoms with Crippen molar-refractivity contribution in [2.45, 2.75) is 25.3 Å². The molecular weight excluding hydrogens is 240 g/mol. The fraction of sp³-hybridized carbons (Fsp3) is 0.462. The number of rotatable bonds is 4. The van der Waals surface area contributed by atoms with E-state index < -0.39 is 0 Å². The van der Waals surface area contributed by atoms with Crippen LogP contribution < -0.4 is 10.6 Å². The van der Waals surface area contributed by atoms with Gasteiger partial charge in [-0.3, -0.25) is 0 Å². The monoisotopic (exact) mass is 258 g/mol. The van der Waals surface area contributed by atoms with E-state index in [1.165, 1.54) is 19.3 Å². The highest BCUT2D eigenvalue weighted by atomic mass is 15.5. The molecule has 0 saturated carbocycles. The maximum Gasteiger partial charge on any atom is 0.143 e. The molecule has 0 aliphatic carbocycles. The first-order chi connectivity index (χ1) is 9.42. The van der Waals surface area contributed by atoms with Gasteiger partial charge < -0.3 is 10.6 Å². The number of anilines is 1. The van der Waals surface area contributed by atoms with Crippen LogP contribution in [0.1, 0.15) is 19.3 Å². The van der Waals surface area contributed by atoms with Gasteiger partial charge in [0.1, 0.15) is 6.33 Å². The minimum atomic E-state index is 0.591. The Balaban J connectivity index is 1.57. The Morgan fingerprint density at radius 2 is 2.16 bits per heavy atom. The third-order valence-corrected chi connectivity index (χ3v) is 3.45. The Morgan fingerprint density at radius 1 is 1.26 bits per heavy atom. The molecule has 6 heteroatoms. The molecule has 0 spiro atoms. The summed E-state index contributed by atoms with van der Waals surface area (Å²) in [5.74, 6) is 0. The van der Waals surface area contributed by atoms with Gasteiger partial charge in [-0.15, -0.1) is 5.10 Å². The predicted molar refractivity (Wildman–Crippen MR) is 73.3 cm³/mol. The molecule has 1 atom stereocenters. The van der Waals surface area contributed by atoms with Gasteiger partial charge in [-0.05, 0) is 54.1 Å². The quantitative estimate of drug-likeness (QED) is 0.863. The van der Waals surface area contributed by atoms with Crippen molar-refractivity contribution < 1.29 is 0 Å². The number of tetrazole rings is 1. The SMILES string of the molecule is c1cc(-n2cnnn2)ccc1NCC1CCCCN1. The van der Waals surface area contributed by atoms with Crippen LogP contribution in [0.3, 0.4) is 0 Å². The van der Waals surface area contributed by atoms with Gasteiger partial charge in [-0.25, -0.2) is 4.68 Å². The zero-order valence-corrected chi connectivity index (χ0v) is 10.8. The zero-order valence-electron chi connectivity index (χ0n) is 10.8. The molecule has 19 heavy (non-hydrogen) atoms. The summed E-state index contributed by atoms with van der Waals surface area (Å²) in [6, 6.07) is 8.72. The normalized spacial score (nSPS) is 19.3. The van der Waals surface area contributed by atoms with Crippen molar-refractivity contribution in [1.29, 1.82) is 0 Å². The van der Waals surface area contributed by atoms with Crippen LogP contribution in [-0.4, -0.2) is 39.3 Å². The first-order valence-electron chi connectivity index (χ1n) is 6.72. The van der Waals surface area contributed by atoms with Gasteiger partial charge >= 0.3 is 0 Å². The number of aromatic nitrogens is 4. The molecule has 2 heterocycles. The van der Waals surface area contributed by atoms with E-state index in [1.54, 1.807) is 11.0 Å². The second kappa shape index (κ2) is 5.79. The van der Waals surface area contributed by atoms with Gasteiger partial charge in [0.15, 0.2) is 0 Å². The number of benzene rings is 1. The lowest BCUT2D eigenvalue weighted by Crippen LogP contribution is -2.39. The van der Waals surface area contributed by atoms with Crippen molar-refractivity contribution in [3.8, 4) is 5.69 Å². The summed E-state index contributed by atoms with van der Waals surface area (Å²) >= 11 is 0. The Bertz CT molecular complexity index is 486. The Labute approximate surface area is 112 Å². The standard InChI is InChI=1S/C13H18N6/c1-2-8-14-12(3-1)9-15-11-4-6-13(7-5-11)19-10-16-17-18-19/h4-7,10,12,14-15H,1-3,8-9H2. The van der Waals surface area contributed by atoms with E-state index in [2.05, 4.69) is 38.3 Å². The first kappa shape index (κ1) is 12.1. The van der Waals surface area contributed by atoms with Crippen LogP contribution in [0.2, 0.25) is 0 Å². The average molecular weight is 258 g/mol. The summed E-state index contributed by atoms with van der Waals surface area (Å²) in [7, 11) is 0. The van der Waals surface area contributed by atoms with Crippen LogP contribution in [0.25, 0.3) is 5.69 Å². The van der Waals surface area contributed by atoms with Gasteiger partial charge in [0, 0.05) is 18.3 Å². The molecular formula is C13H18N6. The number of nitrogens with zero attached hydrogens (tertiary/aromatic N) is 4. The number of nitrogens with one attached hydrogen (secondary N) is 2. The minimum absolute atomic E-state index is 0.591. The molecule has 2 aromatic rings. The van der Waals surface area contributed by atoms with Crippen LogP contribution in [0.4, 0.5) is 5.69 Å². The molecule has 100 valence electrons. The number of hydrogen-bond donors (Lipinski definition) is 2. The maximum atomic E-state index is 3.86. The fourth-order valence-corrected chi connectivity index (χ4v) is 2.35. The summed E-state index contributed by atoms with van der Waals surface area (Å²) in [4.78, 5) is 0. The average Bonchev–Trinajstić information content (AvgIpc) is 3.01. The summed E-state index contributed by atoms with van der Waals surface area (Å²) in [6.07, 6.45) is 5.48. The van der Waals surface area contributed by atoms with E-state index in [0.717, 1.165) is 24.5 Å². The summed E-state index contributed by atoms with van der Waals surface area (Å²) in [5, 5.41) is 18.1. The molecule has 1 unspecified atom stereocenters. The topological polar surface area (TPSA) is 67.7 Å². The third kappa shape index (κ3) is 3.08. The van der Waals surface area contributed by atoms with E-state index in [4.69, 9.17) is 0 Å². The Morgan fingerprint density at radius 3 is 2.84 bits per heavy atom. The van der Waals surface area contributed by atoms with E-state index in [-0.39, 0.29) is 0 Å². The molecule has 1 aliphatic heterocycles. The lowest BCUT2D eigenvalue weighted by atomic mass is 10.1. The van der Waals surface area contributed by atoms with Crippen LogP contribution >= 0.6 is 0 Å². The van der Waals surface area contributed by atoms with E-state index in [9.17, 15) is 0 Å². The second-order valence-corrected chi connectivity index (χ2v) is 4.83. The van der Waals surface area contributed by atoms with Crippen LogP contribution in [-0.2, 0) is 0 Å². The second-order valence-electron chi connectivity index (χ2n) is 4.83. The smallest absolute Gasteiger partial charge is 0.143 e. The maximum absolute atomic E-state index is 3.86. The van der Waals surface area contributed by atoms with Crippen molar-refractivity contribution in [3.05, 3.63) is 30.6 Å². The number of piperidine rings is 1. The van der Waals surface area contributed by atoms with Gasteiger partial charge in [-0.1, -0.05) is 6.42 Å². The molecule has 2 N–H and O–H groups in total. The third-order valence-electron chi connectivity index (χ3n) is 3.45. The molecule has 1 aliphatic rings. The highest BCUT2D eigenvalue weighted by Gasteiger charge is 2.11. The van der Waals surface area contributed by atoms with Crippen molar-refractivity contribution in [2.24, 2.45) is 0 Å². The molecule has 1 fully saturated rings. The van der Waals surface area contributed by atoms with Gasteiger partial charge in [0.05, 0.1) is 5.69 Å². The molecule has 1 aromatic carbocycles. The van der Waals surface area contributed by atoms with Crippen LogP contribution in [0.5, 0.6) is 0 Å². The van der Waals surface area contributed by atoms with E-state index >= 15 is 0 Å². The van der Waals surface area contributed by atoms with Gasteiger partial charge in [0.2, 0.25) is 0 Å². The first-order valence-corrected chi connectivity index (χ1v) is 6.72. The predicted octanol–water partition coefficient (Wildman–Crippen LogP) is 1.22. The molecule has 1 saturated heterocycles. The van der Waals surface area contributed by atoms with Crippen LogP contribution in [0.15, 0.2) is 30.6 Å². The highest BCUT2D eigenvalue weighted by molar-refractivity contribution is 5.48. The largest absolute Gasteiger partial charge is 0.383 e. The Kier molecular flexibility index (Phi) is 3.69. The van der Waals surface area contributed by atoms with Gasteiger partial charge in [0.25, 0.3) is 0 Å². The fourth-order valence-electron chi connectivity index (χ4n) is 2.35. The van der Waals surface area contributed by atoms with E-state index in [1.807, 2.05) is 12.1 Å². The van der Waals surface area contributed by atoms with Crippen molar-refractivity contribution in [3.63, 3.8) is 0 Å². The van der Waals surface area contributed by atoms with Crippen LogP contribution in [0, 0.1) is 0 Å². The molecule has 0 amide bonds. The van der Waals surface area contributed by atoms with E-state index in [0.29, 0.717) is 6.04 Å². The highest BCUT2D eigenvalue weighted by Crippen LogP contribution is 2.13. The summed E-state index contributed by atoms with van der Waals surface area (Å²) in [6.45, 7) is 2.12. The molecule has 0 radical (unpaired) electrons. The zero-order chi connectivity index (χ0) is 12.9. The summed E-state index contributed by atoms with van der Waals surface area (Å²) in [5.41, 5.74) is 2.09. The lowest BCUT2D eigenvalue weighted by molar-refractivity contribution is 0.414. The van der Waals surface area contributed by atoms with Crippen molar-refractivity contribution >= 4 is 5.69 Å². The van der Waals surface area contributed by atoms with Crippen molar-refractivity contribution in [2.75, 3.05) is 18.4 Å². The minimum Gasteiger partial charge on any atom is -0.383 e. The molecule has 0 bridgehead atoms.